The van der Waals surface area contributed by atoms with Crippen LogP contribution in [0, 0.1) is 79.9 Å². The van der Waals surface area contributed by atoms with E-state index in [1.807, 2.05) is 0 Å². The lowest BCUT2D eigenvalue weighted by Gasteiger charge is -2.12. The first-order chi connectivity index (χ1) is 22.6. The molecule has 0 saturated carbocycles. The van der Waals surface area contributed by atoms with Crippen LogP contribution in [-0.2, 0) is 12.4 Å². The Balaban J connectivity index is 1.93. The predicted octanol–water partition coefficient (Wildman–Crippen LogP) is 7.29. The number of allylic oxidation sites excluding steroid dienone is 8. The van der Waals surface area contributed by atoms with E-state index in [1.54, 1.807) is 36.4 Å². The van der Waals surface area contributed by atoms with E-state index in [4.69, 9.17) is 0 Å². The molecule has 230 valence electrons. The first-order valence-electron chi connectivity index (χ1n) is 12.7. The highest BCUT2D eigenvalue weighted by molar-refractivity contribution is 6.29. The molecule has 0 aliphatic heterocycles. The maximum absolute atomic E-state index is 14.4. The fourth-order valence-corrected chi connectivity index (χ4v) is 5.39. The van der Waals surface area contributed by atoms with Gasteiger partial charge < -0.3 is 0 Å². The smallest absolute Gasteiger partial charge is 0.215 e. The first-order valence-corrected chi connectivity index (χ1v) is 12.7. The van der Waals surface area contributed by atoms with Gasteiger partial charge in [0.1, 0.15) is 58.9 Å². The molecule has 0 spiro atoms. The predicted molar refractivity (Wildman–Crippen MR) is 146 cm³/mol. The van der Waals surface area contributed by atoms with Crippen LogP contribution in [0.3, 0.4) is 0 Å². The van der Waals surface area contributed by atoms with Gasteiger partial charge in [0, 0.05) is 45.6 Å². The lowest BCUT2D eigenvalue weighted by molar-refractivity contribution is -0.142. The average molecular weight is 654 g/mol. The number of aromatic nitrogens is 2. The van der Waals surface area contributed by atoms with Gasteiger partial charge in [0.25, 0.3) is 0 Å². The van der Waals surface area contributed by atoms with Crippen molar-refractivity contribution in [1.82, 2.24) is 9.97 Å². The number of alkyl halides is 6. The summed E-state index contributed by atoms with van der Waals surface area (Å²) in [6, 6.07) is 13.6. The third-order valence-corrected chi connectivity index (χ3v) is 7.15. The van der Waals surface area contributed by atoms with E-state index >= 15 is 0 Å². The van der Waals surface area contributed by atoms with Crippen LogP contribution in [0.1, 0.15) is 44.8 Å². The highest BCUT2D eigenvalue weighted by Gasteiger charge is 2.40. The number of pyridine rings is 2. The SMILES string of the molecule is N#CC(C#N)=C1C(c2cc(F)nc(C(F)(F)F)c2)=C(C#N)c2cc3c(cc21)C(C#N)=C(c1cc(F)nc(C(F)(F)F)c1)C3=C(C#N)C#N. The summed E-state index contributed by atoms with van der Waals surface area (Å²) in [5.41, 5.74) is -10.0. The van der Waals surface area contributed by atoms with Gasteiger partial charge in [-0.1, -0.05) is 0 Å². The lowest BCUT2D eigenvalue weighted by Crippen LogP contribution is -2.10. The van der Waals surface area contributed by atoms with Crippen LogP contribution in [0.25, 0.3) is 33.4 Å². The van der Waals surface area contributed by atoms with Gasteiger partial charge in [-0.25, -0.2) is 9.97 Å². The molecule has 0 bridgehead atoms. The number of nitrogens with zero attached hydrogens (tertiary/aromatic N) is 8. The summed E-state index contributed by atoms with van der Waals surface area (Å²) in [7, 11) is 0. The summed E-state index contributed by atoms with van der Waals surface area (Å²) in [6.45, 7) is 0. The Morgan fingerprint density at radius 1 is 0.500 bits per heavy atom. The Hall–Kier alpha value is -7.14. The molecule has 0 fully saturated rings. The Morgan fingerprint density at radius 2 is 0.833 bits per heavy atom. The summed E-state index contributed by atoms with van der Waals surface area (Å²) < 4.78 is 110. The van der Waals surface area contributed by atoms with E-state index < -0.39 is 91.3 Å². The van der Waals surface area contributed by atoms with Gasteiger partial charge in [-0.2, -0.15) is 66.7 Å². The number of hydrogen-bond acceptors (Lipinski definition) is 8. The third kappa shape index (κ3) is 5.07. The number of nitriles is 6. The van der Waals surface area contributed by atoms with Crippen molar-refractivity contribution in [3.05, 3.63) is 104 Å². The number of rotatable bonds is 2. The van der Waals surface area contributed by atoms with Crippen LogP contribution < -0.4 is 0 Å². The van der Waals surface area contributed by atoms with Gasteiger partial charge in [-0.3, -0.25) is 0 Å². The van der Waals surface area contributed by atoms with Gasteiger partial charge in [0.2, 0.25) is 11.9 Å². The molecule has 2 aliphatic carbocycles. The zero-order valence-electron chi connectivity index (χ0n) is 23.1. The number of hydrogen-bond donors (Lipinski definition) is 0. The van der Waals surface area contributed by atoms with Gasteiger partial charge in [-0.05, 0) is 46.5 Å². The van der Waals surface area contributed by atoms with Crippen LogP contribution in [0.4, 0.5) is 35.1 Å². The number of benzene rings is 1. The molecule has 0 amide bonds. The molecule has 0 saturated heterocycles. The molecule has 2 heterocycles. The van der Waals surface area contributed by atoms with Crippen LogP contribution >= 0.6 is 0 Å². The number of fused-ring (bicyclic) bond motifs is 2. The minimum Gasteiger partial charge on any atom is -0.215 e. The highest BCUT2D eigenvalue weighted by atomic mass is 19.4. The second-order valence-corrected chi connectivity index (χ2v) is 9.74. The van der Waals surface area contributed by atoms with Crippen LogP contribution in [-0.4, -0.2) is 9.97 Å². The van der Waals surface area contributed by atoms with Gasteiger partial charge in [-0.15, -0.1) is 0 Å². The molecular weight excluding hydrogens is 648 g/mol. The molecule has 0 N–H and O–H groups in total. The van der Waals surface area contributed by atoms with Crippen LogP contribution in [0.15, 0.2) is 47.5 Å². The lowest BCUT2D eigenvalue weighted by atomic mass is 9.90. The monoisotopic (exact) mass is 654 g/mol. The highest BCUT2D eigenvalue weighted by Crippen LogP contribution is 2.54. The van der Waals surface area contributed by atoms with Crippen molar-refractivity contribution in [2.24, 2.45) is 0 Å². The quantitative estimate of drug-likeness (QED) is 0.158. The van der Waals surface area contributed by atoms with Crippen molar-refractivity contribution in [2.45, 2.75) is 12.4 Å². The van der Waals surface area contributed by atoms with E-state index in [-0.39, 0.29) is 22.3 Å². The summed E-state index contributed by atoms with van der Waals surface area (Å²) >= 11 is 0. The molecule has 8 nitrogen and oxygen atoms in total. The van der Waals surface area contributed by atoms with Crippen molar-refractivity contribution in [3.63, 3.8) is 0 Å². The molecule has 1 aromatic carbocycles. The van der Waals surface area contributed by atoms with Crippen LogP contribution in [0.5, 0.6) is 0 Å². The minimum absolute atomic E-state index is 0.218. The molecule has 5 rings (SSSR count). The third-order valence-electron chi connectivity index (χ3n) is 7.15. The Labute approximate surface area is 263 Å². The topological polar surface area (TPSA) is 169 Å². The minimum atomic E-state index is -5.17. The maximum atomic E-state index is 14.4. The molecule has 2 aliphatic rings. The second kappa shape index (κ2) is 11.3. The van der Waals surface area contributed by atoms with Crippen molar-refractivity contribution < 1.29 is 35.1 Å². The molecule has 2 aromatic heterocycles. The van der Waals surface area contributed by atoms with E-state index in [0.29, 0.717) is 24.3 Å². The Kier molecular flexibility index (Phi) is 7.62. The molecule has 0 atom stereocenters. The largest absolute Gasteiger partial charge is 0.433 e. The standard InChI is InChI=1S/C32H6F8N8/c33-25-3-13(1-23(47-25)31(35,36)37)27-21(11-45)17-5-20-18(6-19(17)29(27)15(7-41)8-42)22(12-46)28(30(20)16(9-43)10-44)14-2-24(32(38,39)40)48-26(34)4-14/h1-6H. The van der Waals surface area contributed by atoms with Crippen molar-refractivity contribution in [2.75, 3.05) is 0 Å². The Bertz CT molecular complexity index is 2200. The van der Waals surface area contributed by atoms with E-state index in [9.17, 15) is 66.7 Å². The molecule has 48 heavy (non-hydrogen) atoms. The summed E-state index contributed by atoms with van der Waals surface area (Å²) in [5, 5.41) is 59.5. The van der Waals surface area contributed by atoms with Crippen molar-refractivity contribution in [3.8, 4) is 36.4 Å². The second-order valence-electron chi connectivity index (χ2n) is 9.74. The summed E-state index contributed by atoms with van der Waals surface area (Å²) in [5.74, 6) is -3.25. The molecule has 3 aromatic rings. The van der Waals surface area contributed by atoms with Crippen molar-refractivity contribution >= 4 is 33.4 Å². The van der Waals surface area contributed by atoms with Gasteiger partial charge >= 0.3 is 12.4 Å². The fraction of sp³-hybridized carbons (Fsp3) is 0.0625. The molecule has 0 unspecified atom stereocenters. The van der Waals surface area contributed by atoms with E-state index in [1.165, 1.54) is 0 Å². The zero-order chi connectivity index (χ0) is 35.3. The summed E-state index contributed by atoms with van der Waals surface area (Å²) in [6.07, 6.45) is -10.3. The maximum Gasteiger partial charge on any atom is 0.433 e. The molecular formula is C32H6F8N8. The fourth-order valence-electron chi connectivity index (χ4n) is 5.39. The van der Waals surface area contributed by atoms with E-state index in [0.717, 1.165) is 12.1 Å². The summed E-state index contributed by atoms with van der Waals surface area (Å²) in [4.78, 5) is 5.63. The van der Waals surface area contributed by atoms with Crippen LogP contribution in [0.2, 0.25) is 0 Å². The van der Waals surface area contributed by atoms with Gasteiger partial charge in [0.15, 0.2) is 0 Å². The number of halogens is 8. The molecule has 16 heteroatoms. The Morgan fingerprint density at radius 3 is 1.10 bits per heavy atom. The normalized spacial score (nSPS) is 13.5. The van der Waals surface area contributed by atoms with Crippen molar-refractivity contribution in [1.29, 1.82) is 31.6 Å². The average Bonchev–Trinajstić information content (AvgIpc) is 3.52. The zero-order valence-corrected chi connectivity index (χ0v) is 23.1. The van der Waals surface area contributed by atoms with Gasteiger partial charge in [0.05, 0.1) is 11.1 Å². The molecule has 0 radical (unpaired) electrons. The van der Waals surface area contributed by atoms with E-state index in [2.05, 4.69) is 9.97 Å². The first kappa shape index (κ1) is 32.3.